The number of carbonyl (C=O) groups is 2. The average Bonchev–Trinajstić information content (AvgIpc) is 3.01. The lowest BCUT2D eigenvalue weighted by atomic mass is 9.99. The van der Waals surface area contributed by atoms with Gasteiger partial charge >= 0.3 is 6.03 Å². The van der Waals surface area contributed by atoms with Crippen LogP contribution in [0.1, 0.15) is 23.4 Å². The van der Waals surface area contributed by atoms with Crippen LogP contribution < -0.4 is 5.32 Å². The molecule has 1 atom stereocenters. The molecule has 7 heteroatoms. The predicted molar refractivity (Wildman–Crippen MR) is 69.7 cm³/mol. The van der Waals surface area contributed by atoms with Crippen molar-refractivity contribution in [2.45, 2.75) is 32.4 Å². The molecule has 3 rings (SSSR count). The summed E-state index contributed by atoms with van der Waals surface area (Å²) in [5.74, 6) is 2.10. The van der Waals surface area contributed by atoms with Gasteiger partial charge in [0, 0.05) is 11.3 Å². The van der Waals surface area contributed by atoms with E-state index in [2.05, 4.69) is 10.5 Å². The molecular formula is C12H15N3O3S. The number of hydrogen-bond acceptors (Lipinski definition) is 5. The van der Waals surface area contributed by atoms with Crippen LogP contribution in [0, 0.1) is 13.8 Å². The van der Waals surface area contributed by atoms with Crippen LogP contribution >= 0.6 is 11.8 Å². The van der Waals surface area contributed by atoms with Crippen molar-refractivity contribution in [1.29, 1.82) is 0 Å². The Morgan fingerprint density at radius 2 is 2.26 bits per heavy atom. The summed E-state index contributed by atoms with van der Waals surface area (Å²) in [4.78, 5) is 25.8. The average molecular weight is 281 g/mol. The topological polar surface area (TPSA) is 75.4 Å². The molecule has 0 radical (unpaired) electrons. The number of imide groups is 1. The number of rotatable bonds is 2. The molecule has 6 nitrogen and oxygen atoms in total. The van der Waals surface area contributed by atoms with Crippen LogP contribution in [0.5, 0.6) is 0 Å². The first kappa shape index (κ1) is 12.5. The van der Waals surface area contributed by atoms with Crippen LogP contribution in [-0.4, -0.2) is 39.0 Å². The third-order valence-electron chi connectivity index (χ3n) is 3.76. The van der Waals surface area contributed by atoms with Crippen molar-refractivity contribution < 1.29 is 14.1 Å². The number of nitrogens with zero attached hydrogens (tertiary/aromatic N) is 2. The van der Waals surface area contributed by atoms with Crippen LogP contribution in [0.4, 0.5) is 4.79 Å². The molecule has 1 unspecified atom stereocenters. The number of carbonyl (C=O) groups excluding carboxylic acids is 2. The molecule has 2 saturated heterocycles. The lowest BCUT2D eigenvalue weighted by Crippen LogP contribution is -2.46. The monoisotopic (exact) mass is 281 g/mol. The van der Waals surface area contributed by atoms with Crippen molar-refractivity contribution in [3.63, 3.8) is 0 Å². The molecule has 2 fully saturated rings. The van der Waals surface area contributed by atoms with E-state index in [0.717, 1.165) is 17.0 Å². The van der Waals surface area contributed by atoms with Gasteiger partial charge in [0.2, 0.25) is 0 Å². The number of hydrogen-bond donors (Lipinski definition) is 1. The Labute approximate surface area is 114 Å². The van der Waals surface area contributed by atoms with Crippen LogP contribution in [0.25, 0.3) is 0 Å². The number of urea groups is 1. The molecule has 102 valence electrons. The van der Waals surface area contributed by atoms with Crippen molar-refractivity contribution in [3.8, 4) is 0 Å². The third kappa shape index (κ3) is 1.83. The summed E-state index contributed by atoms with van der Waals surface area (Å²) in [5.41, 5.74) is 0.854. The van der Waals surface area contributed by atoms with E-state index in [-0.39, 0.29) is 18.5 Å². The molecule has 19 heavy (non-hydrogen) atoms. The van der Waals surface area contributed by atoms with Gasteiger partial charge in [0.05, 0.1) is 12.2 Å². The summed E-state index contributed by atoms with van der Waals surface area (Å²) < 4.78 is 5.07. The van der Waals surface area contributed by atoms with Gasteiger partial charge < -0.3 is 9.84 Å². The minimum atomic E-state index is -0.680. The van der Waals surface area contributed by atoms with Gasteiger partial charge in [-0.3, -0.25) is 9.69 Å². The highest BCUT2D eigenvalue weighted by atomic mass is 32.2. The smallest absolute Gasteiger partial charge is 0.325 e. The zero-order chi connectivity index (χ0) is 13.6. The Hall–Kier alpha value is -1.50. The van der Waals surface area contributed by atoms with Crippen LogP contribution in [0.15, 0.2) is 4.52 Å². The standard InChI is InChI=1S/C12H15N3O3S/c1-7-9(8(2)18-14-7)5-15-10(16)12(13-11(15)17)3-4-19-6-12/h3-6H2,1-2H3,(H,13,17). The molecule has 1 N–H and O–H groups in total. The number of aromatic nitrogens is 1. The molecule has 0 bridgehead atoms. The molecule has 3 amide bonds. The van der Waals surface area contributed by atoms with Crippen molar-refractivity contribution in [2.75, 3.05) is 11.5 Å². The highest BCUT2D eigenvalue weighted by molar-refractivity contribution is 7.99. The first-order chi connectivity index (χ1) is 9.03. The second-order valence-corrected chi connectivity index (χ2v) is 6.11. The molecule has 1 spiro atoms. The largest absolute Gasteiger partial charge is 0.361 e. The fourth-order valence-corrected chi connectivity index (χ4v) is 3.86. The second-order valence-electron chi connectivity index (χ2n) is 5.01. The summed E-state index contributed by atoms with van der Waals surface area (Å²) >= 11 is 1.70. The maximum Gasteiger partial charge on any atom is 0.325 e. The molecule has 0 saturated carbocycles. The summed E-state index contributed by atoms with van der Waals surface area (Å²) in [6.45, 7) is 3.83. The molecule has 1 aromatic rings. The minimum Gasteiger partial charge on any atom is -0.361 e. The van der Waals surface area contributed by atoms with E-state index < -0.39 is 5.54 Å². The third-order valence-corrected chi connectivity index (χ3v) is 4.95. The van der Waals surface area contributed by atoms with Crippen LogP contribution in [0.3, 0.4) is 0 Å². The van der Waals surface area contributed by atoms with Gasteiger partial charge in [-0.05, 0) is 26.0 Å². The minimum absolute atomic E-state index is 0.123. The van der Waals surface area contributed by atoms with Crippen molar-refractivity contribution >= 4 is 23.7 Å². The van der Waals surface area contributed by atoms with E-state index in [9.17, 15) is 9.59 Å². The van der Waals surface area contributed by atoms with E-state index in [4.69, 9.17) is 4.52 Å². The fraction of sp³-hybridized carbons (Fsp3) is 0.583. The zero-order valence-corrected chi connectivity index (χ0v) is 11.7. The maximum absolute atomic E-state index is 12.5. The van der Waals surface area contributed by atoms with Crippen molar-refractivity contribution in [1.82, 2.24) is 15.4 Å². The lowest BCUT2D eigenvalue weighted by molar-refractivity contribution is -0.130. The molecular weight excluding hydrogens is 266 g/mol. The molecule has 2 aliphatic rings. The maximum atomic E-state index is 12.5. The van der Waals surface area contributed by atoms with Gasteiger partial charge in [0.1, 0.15) is 11.3 Å². The van der Waals surface area contributed by atoms with Crippen LogP contribution in [-0.2, 0) is 11.3 Å². The van der Waals surface area contributed by atoms with Gasteiger partial charge in [-0.15, -0.1) is 0 Å². The first-order valence-corrected chi connectivity index (χ1v) is 7.32. The van der Waals surface area contributed by atoms with E-state index in [0.29, 0.717) is 17.9 Å². The molecule has 3 heterocycles. The summed E-state index contributed by atoms with van der Waals surface area (Å²) in [6.07, 6.45) is 0.709. The Morgan fingerprint density at radius 1 is 1.47 bits per heavy atom. The van der Waals surface area contributed by atoms with Crippen molar-refractivity contribution in [2.24, 2.45) is 0 Å². The lowest BCUT2D eigenvalue weighted by Gasteiger charge is -2.19. The predicted octanol–water partition coefficient (Wildman–Crippen LogP) is 1.22. The molecule has 1 aromatic heterocycles. The first-order valence-electron chi connectivity index (χ1n) is 6.17. The number of aryl methyl sites for hydroxylation is 2. The highest BCUT2D eigenvalue weighted by Crippen LogP contribution is 2.34. The Bertz CT molecular complexity index is 529. The second kappa shape index (κ2) is 4.26. The van der Waals surface area contributed by atoms with Gasteiger partial charge in [0.25, 0.3) is 5.91 Å². The Balaban J connectivity index is 1.86. The molecule has 2 aliphatic heterocycles. The molecule has 0 aromatic carbocycles. The quantitative estimate of drug-likeness (QED) is 0.825. The highest BCUT2D eigenvalue weighted by Gasteiger charge is 2.52. The van der Waals surface area contributed by atoms with Gasteiger partial charge in [-0.25, -0.2) is 4.79 Å². The fourth-order valence-electron chi connectivity index (χ4n) is 2.54. The SMILES string of the molecule is Cc1noc(C)c1CN1C(=O)NC2(CCSC2)C1=O. The van der Waals surface area contributed by atoms with Crippen LogP contribution in [0.2, 0.25) is 0 Å². The number of nitrogens with one attached hydrogen (secondary N) is 1. The van der Waals surface area contributed by atoms with E-state index in [1.54, 1.807) is 18.7 Å². The number of thioether (sulfide) groups is 1. The normalized spacial score (nSPS) is 26.5. The van der Waals surface area contributed by atoms with Gasteiger partial charge in [0.15, 0.2) is 0 Å². The molecule has 0 aliphatic carbocycles. The Morgan fingerprint density at radius 3 is 2.84 bits per heavy atom. The van der Waals surface area contributed by atoms with Crippen molar-refractivity contribution in [3.05, 3.63) is 17.0 Å². The van der Waals surface area contributed by atoms with Gasteiger partial charge in [-0.1, -0.05) is 5.16 Å². The van der Waals surface area contributed by atoms with Gasteiger partial charge in [-0.2, -0.15) is 11.8 Å². The van der Waals surface area contributed by atoms with E-state index in [1.165, 1.54) is 4.90 Å². The Kier molecular flexibility index (Phi) is 2.81. The number of amides is 3. The summed E-state index contributed by atoms with van der Waals surface area (Å²) in [6, 6.07) is -0.312. The zero-order valence-electron chi connectivity index (χ0n) is 10.9. The van der Waals surface area contributed by atoms with E-state index in [1.807, 2.05) is 6.92 Å². The summed E-state index contributed by atoms with van der Waals surface area (Å²) in [5, 5.41) is 6.69. The summed E-state index contributed by atoms with van der Waals surface area (Å²) in [7, 11) is 0. The van der Waals surface area contributed by atoms with E-state index >= 15 is 0 Å².